The van der Waals surface area contributed by atoms with E-state index in [2.05, 4.69) is 19.9 Å². The molecule has 6 heteroatoms. The molecule has 2 heterocycles. The van der Waals surface area contributed by atoms with Crippen molar-refractivity contribution in [2.75, 3.05) is 12.3 Å². The second kappa shape index (κ2) is 5.90. The van der Waals surface area contributed by atoms with Crippen molar-refractivity contribution in [3.63, 3.8) is 0 Å². The Hall–Kier alpha value is -2.24. The summed E-state index contributed by atoms with van der Waals surface area (Å²) in [5.41, 5.74) is 6.50. The third kappa shape index (κ3) is 3.38. The van der Waals surface area contributed by atoms with Gasteiger partial charge in [-0.3, -0.25) is 4.98 Å². The monoisotopic (exact) mass is 245 g/mol. The molecule has 0 unspecified atom stereocenters. The van der Waals surface area contributed by atoms with Gasteiger partial charge in [-0.25, -0.2) is 0 Å². The molecule has 6 nitrogen and oxygen atoms in total. The van der Waals surface area contributed by atoms with Crippen LogP contribution in [0.4, 0.5) is 5.95 Å². The van der Waals surface area contributed by atoms with Gasteiger partial charge in [0.2, 0.25) is 5.95 Å². The number of hydrogen-bond donors (Lipinski definition) is 1. The van der Waals surface area contributed by atoms with Gasteiger partial charge < -0.3 is 10.5 Å². The minimum absolute atomic E-state index is 0.169. The number of nitrogens with two attached hydrogens (primary N) is 1. The van der Waals surface area contributed by atoms with E-state index < -0.39 is 0 Å². The first-order chi connectivity index (χ1) is 8.78. The molecule has 0 fully saturated rings. The standard InChI is InChI=1S/C12H15N5O/c1-2-7-18-12-16-10(15-11(13)17-12)8-9-5-3-4-6-14-9/h3-6H,2,7-8H2,1H3,(H2,13,15,16,17). The van der Waals surface area contributed by atoms with Crippen molar-refractivity contribution in [2.24, 2.45) is 0 Å². The van der Waals surface area contributed by atoms with Crippen LogP contribution in [-0.2, 0) is 6.42 Å². The van der Waals surface area contributed by atoms with Crippen molar-refractivity contribution in [1.29, 1.82) is 0 Å². The third-order valence-electron chi connectivity index (χ3n) is 2.18. The molecule has 0 atom stereocenters. The number of hydrogen-bond acceptors (Lipinski definition) is 6. The summed E-state index contributed by atoms with van der Waals surface area (Å²) in [6, 6.07) is 5.96. The van der Waals surface area contributed by atoms with Crippen molar-refractivity contribution >= 4 is 5.95 Å². The van der Waals surface area contributed by atoms with Crippen LogP contribution in [-0.4, -0.2) is 26.5 Å². The lowest BCUT2D eigenvalue weighted by molar-refractivity contribution is 0.290. The fraction of sp³-hybridized carbons (Fsp3) is 0.333. The fourth-order valence-electron chi connectivity index (χ4n) is 1.42. The van der Waals surface area contributed by atoms with Crippen LogP contribution in [0.5, 0.6) is 6.01 Å². The van der Waals surface area contributed by atoms with Gasteiger partial charge in [0, 0.05) is 11.9 Å². The molecule has 2 aromatic heterocycles. The number of rotatable bonds is 5. The first-order valence-corrected chi connectivity index (χ1v) is 5.81. The predicted octanol–water partition coefficient (Wildman–Crippen LogP) is 1.23. The summed E-state index contributed by atoms with van der Waals surface area (Å²) in [5.74, 6) is 0.731. The Labute approximate surface area is 105 Å². The van der Waals surface area contributed by atoms with E-state index >= 15 is 0 Å². The number of ether oxygens (including phenoxy) is 1. The molecule has 0 amide bonds. The number of pyridine rings is 1. The average Bonchev–Trinajstić information content (AvgIpc) is 2.37. The molecular formula is C12H15N5O. The van der Waals surface area contributed by atoms with Crippen molar-refractivity contribution in [3.05, 3.63) is 35.9 Å². The Kier molecular flexibility index (Phi) is 4.01. The van der Waals surface area contributed by atoms with Crippen LogP contribution in [0.15, 0.2) is 24.4 Å². The van der Waals surface area contributed by atoms with Crippen LogP contribution < -0.4 is 10.5 Å². The van der Waals surface area contributed by atoms with Crippen LogP contribution in [0.3, 0.4) is 0 Å². The summed E-state index contributed by atoms with van der Waals surface area (Å²) in [4.78, 5) is 16.4. The summed E-state index contributed by atoms with van der Waals surface area (Å²) >= 11 is 0. The lowest BCUT2D eigenvalue weighted by atomic mass is 10.2. The highest BCUT2D eigenvalue weighted by molar-refractivity contribution is 5.20. The molecule has 0 spiro atoms. The third-order valence-corrected chi connectivity index (χ3v) is 2.18. The van der Waals surface area contributed by atoms with E-state index in [1.165, 1.54) is 0 Å². The van der Waals surface area contributed by atoms with Gasteiger partial charge in [0.25, 0.3) is 0 Å². The summed E-state index contributed by atoms with van der Waals surface area (Å²) in [6.07, 6.45) is 3.13. The van der Waals surface area contributed by atoms with Gasteiger partial charge in [-0.2, -0.15) is 15.0 Å². The SMILES string of the molecule is CCCOc1nc(N)nc(Cc2ccccn2)n1. The first-order valence-electron chi connectivity index (χ1n) is 5.81. The van der Waals surface area contributed by atoms with Gasteiger partial charge in [-0.05, 0) is 18.6 Å². The van der Waals surface area contributed by atoms with Crippen LogP contribution in [0.25, 0.3) is 0 Å². The molecule has 0 bridgehead atoms. The number of anilines is 1. The largest absolute Gasteiger partial charge is 0.463 e. The molecule has 0 aliphatic carbocycles. The lowest BCUT2D eigenvalue weighted by Gasteiger charge is -2.05. The van der Waals surface area contributed by atoms with E-state index in [1.54, 1.807) is 6.20 Å². The Morgan fingerprint density at radius 1 is 1.22 bits per heavy atom. The number of nitrogens with zero attached hydrogens (tertiary/aromatic N) is 4. The molecule has 2 N–H and O–H groups in total. The van der Waals surface area contributed by atoms with Gasteiger partial charge in [0.15, 0.2) is 0 Å². The van der Waals surface area contributed by atoms with Crippen LogP contribution in [0.1, 0.15) is 24.9 Å². The van der Waals surface area contributed by atoms with Crippen molar-refractivity contribution in [3.8, 4) is 6.01 Å². The minimum Gasteiger partial charge on any atom is -0.463 e. The maximum atomic E-state index is 5.62. The first kappa shape index (κ1) is 12.2. The van der Waals surface area contributed by atoms with Crippen molar-refractivity contribution < 1.29 is 4.74 Å². The fourth-order valence-corrected chi connectivity index (χ4v) is 1.42. The normalized spacial score (nSPS) is 10.3. The van der Waals surface area contributed by atoms with E-state index in [0.29, 0.717) is 18.9 Å². The maximum Gasteiger partial charge on any atom is 0.321 e. The molecule has 0 saturated heterocycles. The van der Waals surface area contributed by atoms with E-state index in [1.807, 2.05) is 25.1 Å². The smallest absolute Gasteiger partial charge is 0.321 e. The van der Waals surface area contributed by atoms with Gasteiger partial charge in [0.1, 0.15) is 5.82 Å². The van der Waals surface area contributed by atoms with Gasteiger partial charge in [0.05, 0.1) is 13.0 Å². The molecular weight excluding hydrogens is 230 g/mol. The van der Waals surface area contributed by atoms with Crippen LogP contribution in [0.2, 0.25) is 0 Å². The van der Waals surface area contributed by atoms with E-state index in [9.17, 15) is 0 Å². The molecule has 2 aromatic rings. The van der Waals surface area contributed by atoms with E-state index in [4.69, 9.17) is 10.5 Å². The quantitative estimate of drug-likeness (QED) is 0.852. The van der Waals surface area contributed by atoms with E-state index in [-0.39, 0.29) is 12.0 Å². The van der Waals surface area contributed by atoms with Gasteiger partial charge in [-0.1, -0.05) is 13.0 Å². The van der Waals surface area contributed by atoms with Gasteiger partial charge >= 0.3 is 6.01 Å². The molecule has 94 valence electrons. The van der Waals surface area contributed by atoms with Crippen molar-refractivity contribution in [1.82, 2.24) is 19.9 Å². The zero-order valence-electron chi connectivity index (χ0n) is 10.2. The molecule has 0 aliphatic rings. The highest BCUT2D eigenvalue weighted by Gasteiger charge is 2.06. The average molecular weight is 245 g/mol. The summed E-state index contributed by atoms with van der Waals surface area (Å²) < 4.78 is 5.35. The van der Waals surface area contributed by atoms with Crippen molar-refractivity contribution in [2.45, 2.75) is 19.8 Å². The zero-order chi connectivity index (χ0) is 12.8. The maximum absolute atomic E-state index is 5.62. The summed E-state index contributed by atoms with van der Waals surface area (Å²) in [7, 11) is 0. The number of aromatic nitrogens is 4. The molecule has 0 aromatic carbocycles. The lowest BCUT2D eigenvalue weighted by Crippen LogP contribution is -2.08. The molecule has 0 saturated carbocycles. The molecule has 2 rings (SSSR count). The van der Waals surface area contributed by atoms with Crippen LogP contribution >= 0.6 is 0 Å². The molecule has 18 heavy (non-hydrogen) atoms. The van der Waals surface area contributed by atoms with Crippen LogP contribution in [0, 0.1) is 0 Å². The predicted molar refractivity (Wildman–Crippen MR) is 67.1 cm³/mol. The Morgan fingerprint density at radius 2 is 2.11 bits per heavy atom. The topological polar surface area (TPSA) is 86.8 Å². The number of nitrogen functional groups attached to an aromatic ring is 1. The second-order valence-corrected chi connectivity index (χ2v) is 3.74. The summed E-state index contributed by atoms with van der Waals surface area (Å²) in [6.45, 7) is 2.58. The van der Waals surface area contributed by atoms with E-state index in [0.717, 1.165) is 12.1 Å². The zero-order valence-corrected chi connectivity index (χ0v) is 10.2. The minimum atomic E-state index is 0.169. The molecule has 0 aliphatic heterocycles. The second-order valence-electron chi connectivity index (χ2n) is 3.74. The Balaban J connectivity index is 2.15. The highest BCUT2D eigenvalue weighted by atomic mass is 16.5. The summed E-state index contributed by atoms with van der Waals surface area (Å²) in [5, 5.41) is 0. The Bertz CT molecular complexity index is 503. The van der Waals surface area contributed by atoms with Gasteiger partial charge in [-0.15, -0.1) is 0 Å². The molecule has 0 radical (unpaired) electrons. The highest BCUT2D eigenvalue weighted by Crippen LogP contribution is 2.08. The Morgan fingerprint density at radius 3 is 2.83 bits per heavy atom.